The summed E-state index contributed by atoms with van der Waals surface area (Å²) in [5, 5.41) is 15.1. The Balaban J connectivity index is 1.76. The van der Waals surface area contributed by atoms with Gasteiger partial charge in [0.05, 0.1) is 6.61 Å². The van der Waals surface area contributed by atoms with Gasteiger partial charge in [-0.1, -0.05) is 48.5 Å². The lowest BCUT2D eigenvalue weighted by Crippen LogP contribution is -2.12. The number of rotatable bonds is 3. The number of hydrogen-bond donors (Lipinski definition) is 2. The maximum absolute atomic E-state index is 12.7. The number of fused-ring (bicyclic) bond motifs is 3. The number of aryl methyl sites for hydroxylation is 1. The normalized spacial score (nSPS) is 11.1. The second kappa shape index (κ2) is 6.07. The molecule has 0 aliphatic rings. The van der Waals surface area contributed by atoms with Crippen molar-refractivity contribution in [1.29, 1.82) is 0 Å². The Morgan fingerprint density at radius 2 is 1.88 bits per heavy atom. The number of hydrogen-bond acceptors (Lipinski definition) is 3. The number of benzene rings is 3. The molecule has 1 aromatic heterocycles. The summed E-state index contributed by atoms with van der Waals surface area (Å²) in [7, 11) is 0. The van der Waals surface area contributed by atoms with Crippen molar-refractivity contribution in [2.45, 2.75) is 13.5 Å². The van der Waals surface area contributed by atoms with Gasteiger partial charge in [-0.2, -0.15) is 0 Å². The molecule has 0 bridgehead atoms. The van der Waals surface area contributed by atoms with Crippen molar-refractivity contribution in [2.24, 2.45) is 0 Å². The molecule has 0 aliphatic carbocycles. The van der Waals surface area contributed by atoms with E-state index in [-0.39, 0.29) is 12.5 Å². The van der Waals surface area contributed by atoms with Gasteiger partial charge >= 0.3 is 0 Å². The summed E-state index contributed by atoms with van der Waals surface area (Å²) in [5.74, 6) is 0.00799. The van der Waals surface area contributed by atoms with Gasteiger partial charge in [0.2, 0.25) is 0 Å². The minimum Gasteiger partial charge on any atom is -0.450 e. The van der Waals surface area contributed by atoms with Crippen molar-refractivity contribution in [3.63, 3.8) is 0 Å². The van der Waals surface area contributed by atoms with E-state index < -0.39 is 0 Å². The molecule has 4 nitrogen and oxygen atoms in total. The summed E-state index contributed by atoms with van der Waals surface area (Å²) < 4.78 is 5.94. The molecule has 124 valence electrons. The largest absolute Gasteiger partial charge is 0.450 e. The number of anilines is 1. The van der Waals surface area contributed by atoms with Crippen molar-refractivity contribution < 1.29 is 14.3 Å². The second-order valence-electron chi connectivity index (χ2n) is 6.03. The third-order valence-electron chi connectivity index (χ3n) is 4.40. The lowest BCUT2D eigenvalue weighted by Gasteiger charge is -2.05. The topological polar surface area (TPSA) is 62.5 Å². The fraction of sp³-hybridized carbons (Fsp3) is 0.0952. The van der Waals surface area contributed by atoms with Crippen molar-refractivity contribution in [1.82, 2.24) is 0 Å². The molecular weight excluding hydrogens is 314 g/mol. The van der Waals surface area contributed by atoms with E-state index in [0.717, 1.165) is 32.9 Å². The fourth-order valence-electron chi connectivity index (χ4n) is 3.10. The molecule has 0 unspecified atom stereocenters. The van der Waals surface area contributed by atoms with Crippen LogP contribution in [0.3, 0.4) is 0 Å². The maximum atomic E-state index is 12.7. The monoisotopic (exact) mass is 331 g/mol. The molecule has 0 spiro atoms. The molecule has 2 N–H and O–H groups in total. The number of aliphatic hydroxyl groups is 1. The Morgan fingerprint density at radius 3 is 2.72 bits per heavy atom. The molecule has 4 rings (SSSR count). The molecule has 0 atom stereocenters. The summed E-state index contributed by atoms with van der Waals surface area (Å²) in [6.45, 7) is 1.82. The van der Waals surface area contributed by atoms with E-state index >= 15 is 0 Å². The van der Waals surface area contributed by atoms with Crippen LogP contribution in [-0.2, 0) is 6.61 Å². The van der Waals surface area contributed by atoms with E-state index in [1.165, 1.54) is 0 Å². The van der Waals surface area contributed by atoms with Gasteiger partial charge in [0.1, 0.15) is 5.58 Å². The van der Waals surface area contributed by atoms with Crippen LogP contribution < -0.4 is 5.32 Å². The first-order chi connectivity index (χ1) is 12.2. The zero-order chi connectivity index (χ0) is 17.4. The number of carbonyl (C=O) groups excluding carboxylic acids is 1. The SMILES string of the molecule is Cc1c(C(=O)Nc2cccc(CO)c2)oc2c1ccc1ccccc12. The van der Waals surface area contributed by atoms with Crippen LogP contribution in [0.15, 0.2) is 65.1 Å². The molecule has 0 aliphatic heterocycles. The van der Waals surface area contributed by atoms with Crippen molar-refractivity contribution >= 4 is 33.3 Å². The first kappa shape index (κ1) is 15.4. The molecule has 0 saturated carbocycles. The number of furan rings is 1. The summed E-state index contributed by atoms with van der Waals surface area (Å²) >= 11 is 0. The van der Waals surface area contributed by atoms with Crippen molar-refractivity contribution in [3.8, 4) is 0 Å². The standard InChI is InChI=1S/C21H17NO3/c1-13-17-10-9-15-6-2-3-8-18(15)20(17)25-19(13)21(24)22-16-7-4-5-14(11-16)12-23/h2-11,23H,12H2,1H3,(H,22,24). The molecule has 25 heavy (non-hydrogen) atoms. The second-order valence-corrected chi connectivity index (χ2v) is 6.03. The van der Waals surface area contributed by atoms with Crippen LogP contribution in [0.25, 0.3) is 21.7 Å². The molecular formula is C21H17NO3. The van der Waals surface area contributed by atoms with E-state index in [1.807, 2.05) is 43.3 Å². The van der Waals surface area contributed by atoms with Crippen LogP contribution in [0.5, 0.6) is 0 Å². The minimum atomic E-state index is -0.298. The van der Waals surface area contributed by atoms with E-state index in [1.54, 1.807) is 24.3 Å². The van der Waals surface area contributed by atoms with Crippen LogP contribution >= 0.6 is 0 Å². The average molecular weight is 331 g/mol. The van der Waals surface area contributed by atoms with Gasteiger partial charge in [-0.25, -0.2) is 0 Å². The number of carbonyl (C=O) groups is 1. The van der Waals surface area contributed by atoms with Gasteiger partial charge in [-0.3, -0.25) is 4.79 Å². The Morgan fingerprint density at radius 1 is 1.04 bits per heavy atom. The van der Waals surface area contributed by atoms with Gasteiger partial charge in [0.15, 0.2) is 5.76 Å². The molecule has 4 aromatic rings. The molecule has 1 amide bonds. The molecule has 0 radical (unpaired) electrons. The summed E-state index contributed by atoms with van der Waals surface area (Å²) in [6.07, 6.45) is 0. The van der Waals surface area contributed by atoms with Crippen LogP contribution in [0.1, 0.15) is 21.7 Å². The van der Waals surface area contributed by atoms with Gasteiger partial charge in [0, 0.05) is 22.0 Å². The zero-order valence-corrected chi connectivity index (χ0v) is 13.7. The molecule has 0 fully saturated rings. The lowest BCUT2D eigenvalue weighted by atomic mass is 10.1. The lowest BCUT2D eigenvalue weighted by molar-refractivity contribution is 0.0998. The number of amides is 1. The Hall–Kier alpha value is -3.11. The third-order valence-corrected chi connectivity index (χ3v) is 4.40. The van der Waals surface area contributed by atoms with E-state index in [2.05, 4.69) is 5.32 Å². The third kappa shape index (κ3) is 2.66. The quantitative estimate of drug-likeness (QED) is 0.575. The summed E-state index contributed by atoms with van der Waals surface area (Å²) in [6, 6.07) is 19.1. The number of aliphatic hydroxyl groups excluding tert-OH is 1. The van der Waals surface area contributed by atoms with Crippen LogP contribution in [0, 0.1) is 6.92 Å². The fourth-order valence-corrected chi connectivity index (χ4v) is 3.10. The Labute approximate surface area is 144 Å². The van der Waals surface area contributed by atoms with Gasteiger partial charge in [0.25, 0.3) is 5.91 Å². The highest BCUT2D eigenvalue weighted by Gasteiger charge is 2.19. The smallest absolute Gasteiger partial charge is 0.291 e. The first-order valence-corrected chi connectivity index (χ1v) is 8.09. The Kier molecular flexibility index (Phi) is 3.75. The average Bonchev–Trinajstić information content (AvgIpc) is 2.99. The van der Waals surface area contributed by atoms with Crippen LogP contribution in [0.4, 0.5) is 5.69 Å². The van der Waals surface area contributed by atoms with Crippen LogP contribution in [-0.4, -0.2) is 11.0 Å². The van der Waals surface area contributed by atoms with Gasteiger partial charge < -0.3 is 14.8 Å². The van der Waals surface area contributed by atoms with E-state index in [9.17, 15) is 9.90 Å². The van der Waals surface area contributed by atoms with E-state index in [0.29, 0.717) is 11.4 Å². The van der Waals surface area contributed by atoms with Gasteiger partial charge in [-0.15, -0.1) is 0 Å². The highest BCUT2D eigenvalue weighted by atomic mass is 16.3. The molecule has 1 heterocycles. The van der Waals surface area contributed by atoms with Crippen molar-refractivity contribution in [2.75, 3.05) is 5.32 Å². The maximum Gasteiger partial charge on any atom is 0.291 e. The molecule has 4 heteroatoms. The highest BCUT2D eigenvalue weighted by Crippen LogP contribution is 2.32. The highest BCUT2D eigenvalue weighted by molar-refractivity contribution is 6.11. The summed E-state index contributed by atoms with van der Waals surface area (Å²) in [5.41, 5.74) is 2.91. The number of nitrogens with one attached hydrogen (secondary N) is 1. The predicted molar refractivity (Wildman–Crippen MR) is 98.8 cm³/mol. The zero-order valence-electron chi connectivity index (χ0n) is 13.7. The van der Waals surface area contributed by atoms with Crippen molar-refractivity contribution in [3.05, 3.63) is 77.6 Å². The van der Waals surface area contributed by atoms with Gasteiger partial charge in [-0.05, 0) is 30.0 Å². The minimum absolute atomic E-state index is 0.0701. The Bertz CT molecular complexity index is 1090. The first-order valence-electron chi connectivity index (χ1n) is 8.09. The summed E-state index contributed by atoms with van der Waals surface area (Å²) in [4.78, 5) is 12.7. The molecule has 0 saturated heterocycles. The van der Waals surface area contributed by atoms with E-state index in [4.69, 9.17) is 4.42 Å². The molecule has 3 aromatic carbocycles. The predicted octanol–water partition coefficient (Wildman–Crippen LogP) is 4.64. The van der Waals surface area contributed by atoms with Crippen LogP contribution in [0.2, 0.25) is 0 Å².